The molecule has 2 amide bonds. The highest BCUT2D eigenvalue weighted by molar-refractivity contribution is 5.92. The van der Waals surface area contributed by atoms with Crippen LogP contribution in [0.15, 0.2) is 12.3 Å². The molecule has 0 spiro atoms. The Hall–Kier alpha value is -2.97. The Morgan fingerprint density at radius 2 is 2.17 bits per heavy atom. The SMILES string of the molecule is COC(=O)c1cc(NC(=O)N2CCc3nc(C)ncc3C2)nn1C. The number of nitrogens with one attached hydrogen (secondary N) is 1. The third-order valence-corrected chi connectivity index (χ3v) is 3.85. The van der Waals surface area contributed by atoms with Gasteiger partial charge in [0.15, 0.2) is 5.82 Å². The van der Waals surface area contributed by atoms with E-state index in [1.54, 1.807) is 18.1 Å². The third-order valence-electron chi connectivity index (χ3n) is 3.85. The van der Waals surface area contributed by atoms with Crippen molar-refractivity contribution in [3.63, 3.8) is 0 Å². The van der Waals surface area contributed by atoms with Crippen LogP contribution in [-0.4, -0.2) is 50.3 Å². The van der Waals surface area contributed by atoms with Crippen LogP contribution < -0.4 is 5.32 Å². The van der Waals surface area contributed by atoms with Crippen LogP contribution in [0, 0.1) is 6.92 Å². The van der Waals surface area contributed by atoms with Crippen molar-refractivity contribution in [3.05, 3.63) is 35.0 Å². The monoisotopic (exact) mass is 330 g/mol. The summed E-state index contributed by atoms with van der Waals surface area (Å²) in [7, 11) is 2.90. The second-order valence-corrected chi connectivity index (χ2v) is 5.52. The minimum absolute atomic E-state index is 0.265. The summed E-state index contributed by atoms with van der Waals surface area (Å²) < 4.78 is 6.03. The number of hydrogen-bond donors (Lipinski definition) is 1. The number of carbonyl (C=O) groups excluding carboxylic acids is 2. The van der Waals surface area contributed by atoms with Gasteiger partial charge in [-0.1, -0.05) is 0 Å². The zero-order chi connectivity index (χ0) is 17.3. The standard InChI is InChI=1S/C15H18N6O3/c1-9-16-7-10-8-21(5-4-11(10)17-9)15(23)18-13-6-12(14(22)24-3)20(2)19-13/h6-7H,4-5,8H2,1-3H3,(H,18,19,23). The van der Waals surface area contributed by atoms with Crippen LogP contribution in [0.3, 0.4) is 0 Å². The van der Waals surface area contributed by atoms with Gasteiger partial charge in [-0.05, 0) is 6.92 Å². The molecule has 2 aromatic heterocycles. The highest BCUT2D eigenvalue weighted by atomic mass is 16.5. The first kappa shape index (κ1) is 15.9. The number of esters is 1. The van der Waals surface area contributed by atoms with E-state index in [1.807, 2.05) is 6.92 Å². The van der Waals surface area contributed by atoms with Crippen LogP contribution in [0.2, 0.25) is 0 Å². The van der Waals surface area contributed by atoms with Crippen LogP contribution in [0.4, 0.5) is 10.6 Å². The predicted octanol–water partition coefficient (Wildman–Crippen LogP) is 0.895. The fraction of sp³-hybridized carbons (Fsp3) is 0.400. The molecule has 1 N–H and O–H groups in total. The van der Waals surface area contributed by atoms with Gasteiger partial charge < -0.3 is 9.64 Å². The first-order valence-electron chi connectivity index (χ1n) is 7.47. The second-order valence-electron chi connectivity index (χ2n) is 5.52. The number of aryl methyl sites for hydroxylation is 2. The minimum Gasteiger partial charge on any atom is -0.464 e. The number of hydrogen-bond acceptors (Lipinski definition) is 6. The van der Waals surface area contributed by atoms with Crippen LogP contribution >= 0.6 is 0 Å². The molecule has 0 atom stereocenters. The van der Waals surface area contributed by atoms with E-state index in [1.165, 1.54) is 17.9 Å². The molecule has 24 heavy (non-hydrogen) atoms. The molecule has 0 aliphatic carbocycles. The van der Waals surface area contributed by atoms with Gasteiger partial charge in [0.25, 0.3) is 0 Å². The number of aromatic nitrogens is 4. The molecule has 0 fully saturated rings. The molecule has 1 aliphatic heterocycles. The fourth-order valence-electron chi connectivity index (χ4n) is 2.60. The Kier molecular flexibility index (Phi) is 4.15. The summed E-state index contributed by atoms with van der Waals surface area (Å²) in [5.74, 6) is 0.522. The maximum Gasteiger partial charge on any atom is 0.356 e. The Labute approximate surface area is 138 Å². The van der Waals surface area contributed by atoms with Crippen LogP contribution in [0.5, 0.6) is 0 Å². The lowest BCUT2D eigenvalue weighted by atomic mass is 10.1. The zero-order valence-electron chi connectivity index (χ0n) is 13.7. The quantitative estimate of drug-likeness (QED) is 0.821. The molecule has 0 radical (unpaired) electrons. The maximum absolute atomic E-state index is 12.4. The van der Waals surface area contributed by atoms with Crippen molar-refractivity contribution in [2.24, 2.45) is 7.05 Å². The Morgan fingerprint density at radius 1 is 1.38 bits per heavy atom. The van der Waals surface area contributed by atoms with E-state index in [0.29, 0.717) is 25.3 Å². The van der Waals surface area contributed by atoms with Crippen molar-refractivity contribution < 1.29 is 14.3 Å². The topological polar surface area (TPSA) is 102 Å². The van der Waals surface area contributed by atoms with Crippen molar-refractivity contribution in [1.82, 2.24) is 24.6 Å². The molecular weight excluding hydrogens is 312 g/mol. The van der Waals surface area contributed by atoms with E-state index in [9.17, 15) is 9.59 Å². The van der Waals surface area contributed by atoms with Gasteiger partial charge in [-0.15, -0.1) is 0 Å². The molecule has 9 nitrogen and oxygen atoms in total. The van der Waals surface area contributed by atoms with Crippen LogP contribution in [0.1, 0.15) is 27.6 Å². The first-order valence-corrected chi connectivity index (χ1v) is 7.47. The van der Waals surface area contributed by atoms with Crippen molar-refractivity contribution >= 4 is 17.8 Å². The van der Waals surface area contributed by atoms with Gasteiger partial charge in [0.05, 0.1) is 19.3 Å². The van der Waals surface area contributed by atoms with Crippen molar-refractivity contribution in [3.8, 4) is 0 Å². The van der Waals surface area contributed by atoms with Crippen molar-refractivity contribution in [2.75, 3.05) is 19.0 Å². The van der Waals surface area contributed by atoms with Gasteiger partial charge >= 0.3 is 12.0 Å². The summed E-state index contributed by atoms with van der Waals surface area (Å²) >= 11 is 0. The Bertz CT molecular complexity index is 801. The van der Waals surface area contributed by atoms with Crippen molar-refractivity contribution in [1.29, 1.82) is 0 Å². The molecule has 3 rings (SSSR count). The molecule has 0 aromatic carbocycles. The number of methoxy groups -OCH3 is 1. The molecule has 9 heteroatoms. The summed E-state index contributed by atoms with van der Waals surface area (Å²) in [5.41, 5.74) is 2.19. The summed E-state index contributed by atoms with van der Waals surface area (Å²) in [4.78, 5) is 34.2. The second kappa shape index (κ2) is 6.26. The van der Waals surface area contributed by atoms with Gasteiger partial charge in [0.2, 0.25) is 0 Å². The summed E-state index contributed by atoms with van der Waals surface area (Å²) in [6, 6.07) is 1.20. The molecule has 3 heterocycles. The Balaban J connectivity index is 1.70. The van der Waals surface area contributed by atoms with E-state index >= 15 is 0 Å². The average Bonchev–Trinajstić information content (AvgIpc) is 2.93. The van der Waals surface area contributed by atoms with Crippen LogP contribution in [-0.2, 0) is 24.8 Å². The zero-order valence-corrected chi connectivity index (χ0v) is 13.7. The lowest BCUT2D eigenvalue weighted by Crippen LogP contribution is -2.39. The molecule has 0 bridgehead atoms. The Morgan fingerprint density at radius 3 is 2.92 bits per heavy atom. The number of fused-ring (bicyclic) bond motifs is 1. The predicted molar refractivity (Wildman–Crippen MR) is 84.4 cm³/mol. The molecule has 2 aromatic rings. The van der Waals surface area contributed by atoms with E-state index in [2.05, 4.69) is 25.1 Å². The average molecular weight is 330 g/mol. The number of rotatable bonds is 2. The van der Waals surface area contributed by atoms with Gasteiger partial charge in [0.1, 0.15) is 11.5 Å². The van der Waals surface area contributed by atoms with Gasteiger partial charge in [0, 0.05) is 37.8 Å². The number of ether oxygens (including phenoxy) is 1. The number of amides is 2. The smallest absolute Gasteiger partial charge is 0.356 e. The number of urea groups is 1. The number of nitrogens with zero attached hydrogens (tertiary/aromatic N) is 5. The minimum atomic E-state index is -0.509. The van der Waals surface area contributed by atoms with Gasteiger partial charge in [-0.2, -0.15) is 5.10 Å². The summed E-state index contributed by atoms with van der Waals surface area (Å²) in [6.45, 7) is 2.85. The maximum atomic E-state index is 12.4. The molecule has 1 aliphatic rings. The molecule has 126 valence electrons. The van der Waals surface area contributed by atoms with Crippen LogP contribution in [0.25, 0.3) is 0 Å². The summed E-state index contributed by atoms with van der Waals surface area (Å²) in [5, 5.41) is 6.80. The largest absolute Gasteiger partial charge is 0.464 e. The first-order chi connectivity index (χ1) is 11.5. The third kappa shape index (κ3) is 3.05. The highest BCUT2D eigenvalue weighted by Gasteiger charge is 2.23. The fourth-order valence-corrected chi connectivity index (χ4v) is 2.60. The van der Waals surface area contributed by atoms with Crippen molar-refractivity contribution in [2.45, 2.75) is 19.9 Å². The molecule has 0 unspecified atom stereocenters. The lowest BCUT2D eigenvalue weighted by Gasteiger charge is -2.27. The van der Waals surface area contributed by atoms with Gasteiger partial charge in [-0.25, -0.2) is 19.6 Å². The molecule has 0 saturated carbocycles. The number of carbonyl (C=O) groups is 2. The van der Waals surface area contributed by atoms with E-state index in [-0.39, 0.29) is 11.7 Å². The highest BCUT2D eigenvalue weighted by Crippen LogP contribution is 2.18. The molecular formula is C15H18N6O3. The van der Waals surface area contributed by atoms with E-state index < -0.39 is 5.97 Å². The summed E-state index contributed by atoms with van der Waals surface area (Å²) in [6.07, 6.45) is 2.44. The normalized spacial score (nSPS) is 13.4. The molecule has 0 saturated heterocycles. The van der Waals surface area contributed by atoms with Gasteiger partial charge in [-0.3, -0.25) is 10.00 Å². The van der Waals surface area contributed by atoms with E-state index in [4.69, 9.17) is 0 Å². The number of anilines is 1. The van der Waals surface area contributed by atoms with E-state index in [0.717, 1.165) is 17.1 Å². The lowest BCUT2D eigenvalue weighted by molar-refractivity contribution is 0.0588.